The van der Waals surface area contributed by atoms with E-state index in [0.29, 0.717) is 6.61 Å². The van der Waals surface area contributed by atoms with Gasteiger partial charge in [0.25, 0.3) is 0 Å². The maximum absolute atomic E-state index is 13.2. The van der Waals surface area contributed by atoms with Crippen molar-refractivity contribution in [3.8, 4) is 6.07 Å². The first-order chi connectivity index (χ1) is 11.6. The zero-order chi connectivity index (χ0) is 17.1. The molecular weight excluding hydrogens is 303 g/mol. The first-order valence-electron chi connectivity index (χ1n) is 8.16. The molecule has 0 amide bonds. The van der Waals surface area contributed by atoms with Gasteiger partial charge in [-0.25, -0.2) is 4.39 Å². The van der Waals surface area contributed by atoms with E-state index in [4.69, 9.17) is 4.74 Å². The van der Waals surface area contributed by atoms with E-state index in [9.17, 15) is 9.65 Å². The summed E-state index contributed by atoms with van der Waals surface area (Å²) < 4.78 is 19.1. The van der Waals surface area contributed by atoms with Crippen LogP contribution in [0.15, 0.2) is 36.4 Å². The molecule has 124 valence electrons. The molecule has 1 aliphatic heterocycles. The average molecular weight is 324 g/mol. The lowest BCUT2D eigenvalue weighted by atomic mass is 9.93. The Bertz CT molecular complexity index is 762. The molecule has 0 spiro atoms. The zero-order valence-corrected chi connectivity index (χ0v) is 14.1. The number of aryl methyl sites for hydroxylation is 1. The van der Waals surface area contributed by atoms with Gasteiger partial charge in [0.1, 0.15) is 11.9 Å². The van der Waals surface area contributed by atoms with Crippen LogP contribution in [-0.2, 0) is 17.8 Å². The molecule has 0 N–H and O–H groups in total. The van der Waals surface area contributed by atoms with Crippen LogP contribution in [-0.4, -0.2) is 25.5 Å². The van der Waals surface area contributed by atoms with Crippen molar-refractivity contribution in [2.45, 2.75) is 25.6 Å². The Morgan fingerprint density at radius 2 is 2.00 bits per heavy atom. The minimum absolute atomic E-state index is 0.180. The zero-order valence-electron chi connectivity index (χ0n) is 14.1. The number of hydrogen-bond donors (Lipinski definition) is 0. The third-order valence-electron chi connectivity index (χ3n) is 4.40. The first-order valence-corrected chi connectivity index (χ1v) is 8.16. The summed E-state index contributed by atoms with van der Waals surface area (Å²) in [5, 5.41) is 9.43. The molecule has 0 aliphatic carbocycles. The summed E-state index contributed by atoms with van der Waals surface area (Å²) >= 11 is 0. The molecule has 0 fully saturated rings. The van der Waals surface area contributed by atoms with Crippen LogP contribution in [0, 0.1) is 17.1 Å². The number of rotatable bonds is 5. The van der Waals surface area contributed by atoms with Crippen molar-refractivity contribution in [1.29, 1.82) is 5.26 Å². The van der Waals surface area contributed by atoms with E-state index >= 15 is 0 Å². The SMILES string of the molecule is CN(C)CCCc1cc2c(cc1C#N)CO[C@H]2c1ccc(F)cc1. The van der Waals surface area contributed by atoms with Gasteiger partial charge < -0.3 is 9.64 Å². The third kappa shape index (κ3) is 3.48. The molecule has 2 aromatic carbocycles. The van der Waals surface area contributed by atoms with Crippen LogP contribution in [0.25, 0.3) is 0 Å². The van der Waals surface area contributed by atoms with E-state index in [-0.39, 0.29) is 11.9 Å². The summed E-state index contributed by atoms with van der Waals surface area (Å²) in [5.74, 6) is -0.249. The highest BCUT2D eigenvalue weighted by Gasteiger charge is 2.26. The van der Waals surface area contributed by atoms with Gasteiger partial charge in [-0.15, -0.1) is 0 Å². The van der Waals surface area contributed by atoms with Gasteiger partial charge >= 0.3 is 0 Å². The van der Waals surface area contributed by atoms with Crippen molar-refractivity contribution in [3.05, 3.63) is 70.0 Å². The van der Waals surface area contributed by atoms with Crippen LogP contribution >= 0.6 is 0 Å². The van der Waals surface area contributed by atoms with Gasteiger partial charge in [-0.05, 0) is 73.9 Å². The molecule has 3 rings (SSSR count). The Kier molecular flexibility index (Phi) is 4.94. The molecule has 1 heterocycles. The lowest BCUT2D eigenvalue weighted by Crippen LogP contribution is -2.13. The summed E-state index contributed by atoms with van der Waals surface area (Å²) in [7, 11) is 4.10. The second-order valence-corrected chi connectivity index (χ2v) is 6.47. The minimum Gasteiger partial charge on any atom is -0.364 e. The highest BCUT2D eigenvalue weighted by atomic mass is 19.1. The number of fused-ring (bicyclic) bond motifs is 1. The van der Waals surface area contributed by atoms with Gasteiger partial charge in [0, 0.05) is 0 Å². The van der Waals surface area contributed by atoms with Crippen molar-refractivity contribution < 1.29 is 9.13 Å². The van der Waals surface area contributed by atoms with Gasteiger partial charge in [0.2, 0.25) is 0 Å². The number of ether oxygens (including phenoxy) is 1. The van der Waals surface area contributed by atoms with E-state index in [1.54, 1.807) is 12.1 Å². The van der Waals surface area contributed by atoms with Crippen molar-refractivity contribution in [2.75, 3.05) is 20.6 Å². The Hall–Kier alpha value is -2.22. The molecule has 0 saturated carbocycles. The van der Waals surface area contributed by atoms with Gasteiger partial charge in [0.15, 0.2) is 0 Å². The fraction of sp³-hybridized carbons (Fsp3) is 0.350. The fourth-order valence-corrected chi connectivity index (χ4v) is 3.15. The Balaban J connectivity index is 1.89. The maximum Gasteiger partial charge on any atom is 0.123 e. The van der Waals surface area contributed by atoms with Gasteiger partial charge in [0.05, 0.1) is 18.2 Å². The topological polar surface area (TPSA) is 36.3 Å². The van der Waals surface area contributed by atoms with Gasteiger partial charge in [-0.1, -0.05) is 18.2 Å². The van der Waals surface area contributed by atoms with E-state index in [2.05, 4.69) is 17.0 Å². The van der Waals surface area contributed by atoms with E-state index in [1.165, 1.54) is 12.1 Å². The number of benzene rings is 2. The van der Waals surface area contributed by atoms with Crippen molar-refractivity contribution in [2.24, 2.45) is 0 Å². The average Bonchev–Trinajstić information content (AvgIpc) is 2.97. The Labute approximate surface area is 142 Å². The number of nitriles is 1. The molecule has 4 heteroatoms. The summed E-state index contributed by atoms with van der Waals surface area (Å²) in [6.45, 7) is 1.48. The fourth-order valence-electron chi connectivity index (χ4n) is 3.15. The number of halogens is 1. The van der Waals surface area contributed by atoms with Crippen molar-refractivity contribution in [3.63, 3.8) is 0 Å². The molecule has 0 radical (unpaired) electrons. The van der Waals surface area contributed by atoms with Crippen molar-refractivity contribution >= 4 is 0 Å². The second-order valence-electron chi connectivity index (χ2n) is 6.47. The summed E-state index contributed by atoms with van der Waals surface area (Å²) in [6, 6.07) is 12.8. The molecule has 0 unspecified atom stereocenters. The summed E-state index contributed by atoms with van der Waals surface area (Å²) in [6.07, 6.45) is 1.69. The number of nitrogens with zero attached hydrogens (tertiary/aromatic N) is 2. The standard InChI is InChI=1S/C20H21FN2O/c1-23(2)9-3-4-15-11-19-17(10-16(15)12-22)13-24-20(19)14-5-7-18(21)8-6-14/h5-8,10-11,20H,3-4,9,13H2,1-2H3/t20-/m0/s1. The predicted octanol–water partition coefficient (Wildman–Crippen LogP) is 3.81. The molecule has 2 aromatic rings. The predicted molar refractivity (Wildman–Crippen MR) is 91.1 cm³/mol. The molecule has 24 heavy (non-hydrogen) atoms. The summed E-state index contributed by atoms with van der Waals surface area (Å²) in [4.78, 5) is 2.14. The molecule has 1 atom stereocenters. The Morgan fingerprint density at radius 3 is 2.67 bits per heavy atom. The lowest BCUT2D eigenvalue weighted by molar-refractivity contribution is 0.0938. The first kappa shape index (κ1) is 16.6. The van der Waals surface area contributed by atoms with Crippen LogP contribution < -0.4 is 0 Å². The van der Waals surface area contributed by atoms with Crippen LogP contribution in [0.3, 0.4) is 0 Å². The van der Waals surface area contributed by atoms with E-state index in [0.717, 1.165) is 47.2 Å². The normalized spacial score (nSPS) is 16.2. The van der Waals surface area contributed by atoms with E-state index in [1.807, 2.05) is 20.2 Å². The highest BCUT2D eigenvalue weighted by molar-refractivity contribution is 5.49. The lowest BCUT2D eigenvalue weighted by Gasteiger charge is -2.14. The number of hydrogen-bond acceptors (Lipinski definition) is 3. The third-order valence-corrected chi connectivity index (χ3v) is 4.40. The molecule has 0 bridgehead atoms. The van der Waals surface area contributed by atoms with Crippen LogP contribution in [0.5, 0.6) is 0 Å². The molecular formula is C20H21FN2O. The van der Waals surface area contributed by atoms with Crippen molar-refractivity contribution in [1.82, 2.24) is 4.90 Å². The maximum atomic E-state index is 13.2. The summed E-state index contributed by atoms with van der Waals surface area (Å²) in [5.41, 5.74) is 4.89. The van der Waals surface area contributed by atoms with Crippen LogP contribution in [0.4, 0.5) is 4.39 Å². The quantitative estimate of drug-likeness (QED) is 0.839. The van der Waals surface area contributed by atoms with Gasteiger partial charge in [-0.3, -0.25) is 0 Å². The van der Waals surface area contributed by atoms with E-state index < -0.39 is 0 Å². The molecule has 1 aliphatic rings. The second kappa shape index (κ2) is 7.12. The largest absolute Gasteiger partial charge is 0.364 e. The van der Waals surface area contributed by atoms with Gasteiger partial charge in [-0.2, -0.15) is 5.26 Å². The minimum atomic E-state index is -0.249. The smallest absolute Gasteiger partial charge is 0.123 e. The monoisotopic (exact) mass is 324 g/mol. The highest BCUT2D eigenvalue weighted by Crippen LogP contribution is 2.37. The van der Waals surface area contributed by atoms with Crippen LogP contribution in [0.1, 0.15) is 40.3 Å². The Morgan fingerprint density at radius 1 is 1.25 bits per heavy atom. The molecule has 0 aromatic heterocycles. The molecule has 0 saturated heterocycles. The van der Waals surface area contributed by atoms with Crippen LogP contribution in [0.2, 0.25) is 0 Å². The molecule has 3 nitrogen and oxygen atoms in total.